The molecule has 1 aliphatic rings. The van der Waals surface area contributed by atoms with E-state index in [9.17, 15) is 13.2 Å². The van der Waals surface area contributed by atoms with E-state index in [1.165, 1.54) is 0 Å². The molecule has 0 aliphatic carbocycles. The highest BCUT2D eigenvalue weighted by Gasteiger charge is 2.40. The number of likely N-dealkylation sites (tertiary alicyclic amines) is 1. The third-order valence-electron chi connectivity index (χ3n) is 3.05. The van der Waals surface area contributed by atoms with Gasteiger partial charge in [-0.05, 0) is 25.9 Å². The van der Waals surface area contributed by atoms with Gasteiger partial charge in [0.05, 0.1) is 11.6 Å². The molecule has 94 valence electrons. The molecule has 0 saturated carbocycles. The number of rotatable bonds is 2. The summed E-state index contributed by atoms with van der Waals surface area (Å²) < 4.78 is 37.4. The second-order valence-electron chi connectivity index (χ2n) is 4.29. The summed E-state index contributed by atoms with van der Waals surface area (Å²) >= 11 is 0. The van der Waals surface area contributed by atoms with Gasteiger partial charge in [0.15, 0.2) is 0 Å². The molecule has 6 heteroatoms. The van der Waals surface area contributed by atoms with Crippen LogP contribution >= 0.6 is 0 Å². The Kier molecular flexibility index (Phi) is 3.61. The Bertz CT molecular complexity index is 345. The van der Waals surface area contributed by atoms with Crippen molar-refractivity contribution in [1.82, 2.24) is 14.9 Å². The first kappa shape index (κ1) is 12.3. The van der Waals surface area contributed by atoms with Crippen molar-refractivity contribution in [2.45, 2.75) is 25.6 Å². The van der Waals surface area contributed by atoms with Crippen LogP contribution in [0, 0.1) is 5.92 Å². The van der Waals surface area contributed by atoms with Crippen LogP contribution in [0.25, 0.3) is 0 Å². The Labute approximate surface area is 97.7 Å². The van der Waals surface area contributed by atoms with Crippen LogP contribution in [0.3, 0.4) is 0 Å². The van der Waals surface area contributed by atoms with E-state index >= 15 is 0 Å². The highest BCUT2D eigenvalue weighted by atomic mass is 19.4. The summed E-state index contributed by atoms with van der Waals surface area (Å²) in [7, 11) is 0. The van der Waals surface area contributed by atoms with Crippen LogP contribution in [0.1, 0.15) is 18.5 Å². The largest absolute Gasteiger partial charge is 0.391 e. The molecule has 0 aromatic carbocycles. The van der Waals surface area contributed by atoms with Crippen molar-refractivity contribution in [3.05, 3.63) is 24.3 Å². The van der Waals surface area contributed by atoms with E-state index in [0.29, 0.717) is 19.6 Å². The van der Waals surface area contributed by atoms with Gasteiger partial charge in [-0.1, -0.05) is 0 Å². The molecule has 0 radical (unpaired) electrons. The van der Waals surface area contributed by atoms with Gasteiger partial charge in [0, 0.05) is 25.1 Å². The van der Waals surface area contributed by atoms with Crippen LogP contribution < -0.4 is 0 Å². The van der Waals surface area contributed by atoms with Gasteiger partial charge in [-0.2, -0.15) is 13.2 Å². The van der Waals surface area contributed by atoms with E-state index < -0.39 is 12.1 Å². The van der Waals surface area contributed by atoms with Gasteiger partial charge in [0.2, 0.25) is 0 Å². The molecule has 2 rings (SSSR count). The summed E-state index contributed by atoms with van der Waals surface area (Å²) in [5.41, 5.74) is 0.804. The van der Waals surface area contributed by atoms with E-state index in [4.69, 9.17) is 0 Å². The van der Waals surface area contributed by atoms with Gasteiger partial charge in [-0.25, -0.2) is 0 Å². The van der Waals surface area contributed by atoms with Gasteiger partial charge in [0.1, 0.15) is 0 Å². The highest BCUT2D eigenvalue weighted by Crippen LogP contribution is 2.34. The molecular weight excluding hydrogens is 231 g/mol. The number of aromatic nitrogens is 2. The van der Waals surface area contributed by atoms with E-state index in [-0.39, 0.29) is 12.8 Å². The molecule has 1 aromatic rings. The number of hydrogen-bond acceptors (Lipinski definition) is 3. The maximum atomic E-state index is 12.5. The zero-order chi connectivity index (χ0) is 12.3. The lowest BCUT2D eigenvalue weighted by atomic mass is 9.96. The minimum absolute atomic E-state index is 0.184. The highest BCUT2D eigenvalue weighted by molar-refractivity contribution is 4.95. The van der Waals surface area contributed by atoms with Crippen molar-refractivity contribution in [2.24, 2.45) is 5.92 Å². The number of nitrogens with zero attached hydrogens (tertiary/aromatic N) is 3. The third kappa shape index (κ3) is 3.39. The molecule has 2 heterocycles. The molecule has 1 aliphatic heterocycles. The molecule has 17 heavy (non-hydrogen) atoms. The summed E-state index contributed by atoms with van der Waals surface area (Å²) in [6, 6.07) is 0. The van der Waals surface area contributed by atoms with Crippen LogP contribution in [-0.2, 0) is 6.54 Å². The first-order valence-corrected chi connectivity index (χ1v) is 5.59. The number of halogens is 3. The Morgan fingerprint density at radius 2 is 1.94 bits per heavy atom. The summed E-state index contributed by atoms with van der Waals surface area (Å²) in [4.78, 5) is 10.0. The zero-order valence-corrected chi connectivity index (χ0v) is 9.32. The number of hydrogen-bond donors (Lipinski definition) is 0. The van der Waals surface area contributed by atoms with Crippen molar-refractivity contribution >= 4 is 0 Å². The monoisotopic (exact) mass is 245 g/mol. The first-order valence-electron chi connectivity index (χ1n) is 5.59. The van der Waals surface area contributed by atoms with Gasteiger partial charge in [-0.3, -0.25) is 14.9 Å². The average molecular weight is 245 g/mol. The Morgan fingerprint density at radius 3 is 2.47 bits per heavy atom. The molecular formula is C11H14F3N3. The van der Waals surface area contributed by atoms with Crippen LogP contribution in [0.4, 0.5) is 13.2 Å². The standard InChI is InChI=1S/C11H14F3N3/c12-11(13,14)9-1-5-17(6-2-9)8-10-7-15-3-4-16-10/h3-4,7,9H,1-2,5-6,8H2. The van der Waals surface area contributed by atoms with Crippen molar-refractivity contribution < 1.29 is 13.2 Å². The van der Waals surface area contributed by atoms with E-state index in [1.54, 1.807) is 18.6 Å². The fraction of sp³-hybridized carbons (Fsp3) is 0.636. The van der Waals surface area contributed by atoms with Gasteiger partial charge < -0.3 is 0 Å². The van der Waals surface area contributed by atoms with Gasteiger partial charge in [-0.15, -0.1) is 0 Å². The Hall–Kier alpha value is -1.17. The van der Waals surface area contributed by atoms with Crippen LogP contribution in [0.15, 0.2) is 18.6 Å². The molecule has 0 N–H and O–H groups in total. The molecule has 0 bridgehead atoms. The maximum Gasteiger partial charge on any atom is 0.391 e. The lowest BCUT2D eigenvalue weighted by Crippen LogP contribution is -2.38. The molecule has 1 fully saturated rings. The lowest BCUT2D eigenvalue weighted by molar-refractivity contribution is -0.185. The van der Waals surface area contributed by atoms with Crippen molar-refractivity contribution in [3.8, 4) is 0 Å². The SMILES string of the molecule is FC(F)(F)C1CCN(Cc2cnccn2)CC1. The Balaban J connectivity index is 1.84. The quantitative estimate of drug-likeness (QED) is 0.800. The van der Waals surface area contributed by atoms with Crippen molar-refractivity contribution in [1.29, 1.82) is 0 Å². The summed E-state index contributed by atoms with van der Waals surface area (Å²) in [6.45, 7) is 1.53. The van der Waals surface area contributed by atoms with Gasteiger partial charge >= 0.3 is 6.18 Å². The normalized spacial score (nSPS) is 19.5. The number of alkyl halides is 3. The first-order chi connectivity index (χ1) is 8.05. The molecule has 0 spiro atoms. The average Bonchev–Trinajstić information content (AvgIpc) is 2.30. The van der Waals surface area contributed by atoms with E-state index in [1.807, 2.05) is 4.90 Å². The Morgan fingerprint density at radius 1 is 1.24 bits per heavy atom. The molecule has 0 atom stereocenters. The summed E-state index contributed by atoms with van der Waals surface area (Å²) in [6.07, 6.45) is 1.15. The summed E-state index contributed by atoms with van der Waals surface area (Å²) in [5.74, 6) is -1.14. The second kappa shape index (κ2) is 5.00. The smallest absolute Gasteiger partial charge is 0.297 e. The maximum absolute atomic E-state index is 12.5. The van der Waals surface area contributed by atoms with Crippen LogP contribution in [0.5, 0.6) is 0 Å². The third-order valence-corrected chi connectivity index (χ3v) is 3.05. The second-order valence-corrected chi connectivity index (χ2v) is 4.29. The summed E-state index contributed by atoms with van der Waals surface area (Å²) in [5, 5.41) is 0. The van der Waals surface area contributed by atoms with Gasteiger partial charge in [0.25, 0.3) is 0 Å². The molecule has 0 unspecified atom stereocenters. The fourth-order valence-corrected chi connectivity index (χ4v) is 2.06. The lowest BCUT2D eigenvalue weighted by Gasteiger charge is -2.32. The minimum Gasteiger partial charge on any atom is -0.297 e. The van der Waals surface area contributed by atoms with E-state index in [2.05, 4.69) is 9.97 Å². The van der Waals surface area contributed by atoms with Crippen LogP contribution in [0.2, 0.25) is 0 Å². The molecule has 1 aromatic heterocycles. The molecule has 3 nitrogen and oxygen atoms in total. The number of piperidine rings is 1. The molecule has 0 amide bonds. The zero-order valence-electron chi connectivity index (χ0n) is 9.32. The predicted molar refractivity (Wildman–Crippen MR) is 56.1 cm³/mol. The van der Waals surface area contributed by atoms with Crippen molar-refractivity contribution in [2.75, 3.05) is 13.1 Å². The van der Waals surface area contributed by atoms with Crippen molar-refractivity contribution in [3.63, 3.8) is 0 Å². The van der Waals surface area contributed by atoms with E-state index in [0.717, 1.165) is 5.69 Å². The topological polar surface area (TPSA) is 29.0 Å². The molecule has 1 saturated heterocycles. The predicted octanol–water partition coefficient (Wildman–Crippen LogP) is 2.25. The fourth-order valence-electron chi connectivity index (χ4n) is 2.06. The minimum atomic E-state index is -4.04. The van der Waals surface area contributed by atoms with Crippen LogP contribution in [-0.4, -0.2) is 34.1 Å².